The fourth-order valence-electron chi connectivity index (χ4n) is 1.92. The van der Waals surface area contributed by atoms with E-state index in [1.807, 2.05) is 0 Å². The maximum absolute atomic E-state index is 13.3. The van der Waals surface area contributed by atoms with E-state index < -0.39 is 11.6 Å². The fraction of sp³-hybridized carbons (Fsp3) is 0.500. The van der Waals surface area contributed by atoms with Gasteiger partial charge in [-0.05, 0) is 36.3 Å². The van der Waals surface area contributed by atoms with Crippen LogP contribution in [-0.4, -0.2) is 4.83 Å². The molecule has 3 atom stereocenters. The average molecular weight is 275 g/mol. The summed E-state index contributed by atoms with van der Waals surface area (Å²) in [7, 11) is 0. The van der Waals surface area contributed by atoms with Crippen LogP contribution in [0.25, 0.3) is 0 Å². The van der Waals surface area contributed by atoms with Crippen molar-refractivity contribution in [2.75, 3.05) is 0 Å². The van der Waals surface area contributed by atoms with Crippen LogP contribution in [0, 0.1) is 23.5 Å². The van der Waals surface area contributed by atoms with Gasteiger partial charge in [0.2, 0.25) is 0 Å². The highest BCUT2D eigenvalue weighted by atomic mass is 79.9. The number of halogens is 3. The molecule has 0 aliphatic heterocycles. The van der Waals surface area contributed by atoms with Gasteiger partial charge in [0.25, 0.3) is 0 Å². The van der Waals surface area contributed by atoms with E-state index in [1.54, 1.807) is 12.1 Å². The molecule has 1 aliphatic carbocycles. The van der Waals surface area contributed by atoms with Gasteiger partial charge in [-0.15, -0.1) is 0 Å². The minimum Gasteiger partial charge on any atom is -0.204 e. The Kier molecular flexibility index (Phi) is 3.10. The molecule has 0 bridgehead atoms. The van der Waals surface area contributed by atoms with Crippen molar-refractivity contribution in [1.29, 1.82) is 0 Å². The second-order valence-corrected chi connectivity index (χ2v) is 5.49. The molecule has 0 aromatic heterocycles. The van der Waals surface area contributed by atoms with E-state index in [1.165, 1.54) is 6.42 Å². The maximum Gasteiger partial charge on any atom is 0.162 e. The van der Waals surface area contributed by atoms with E-state index in [0.717, 1.165) is 6.07 Å². The van der Waals surface area contributed by atoms with Gasteiger partial charge in [0.15, 0.2) is 11.6 Å². The van der Waals surface area contributed by atoms with Crippen molar-refractivity contribution in [3.8, 4) is 0 Å². The average Bonchev–Trinajstić information content (AvgIpc) is 2.91. The van der Waals surface area contributed by atoms with Crippen molar-refractivity contribution in [2.24, 2.45) is 11.8 Å². The number of hydrogen-bond donors (Lipinski definition) is 0. The first-order chi connectivity index (χ1) is 7.09. The van der Waals surface area contributed by atoms with Crippen LogP contribution in [0.5, 0.6) is 0 Å². The normalized spacial score (nSPS) is 26.4. The third kappa shape index (κ3) is 2.39. The largest absolute Gasteiger partial charge is 0.204 e. The molecule has 0 saturated heterocycles. The number of benzene rings is 1. The molecule has 0 amide bonds. The van der Waals surface area contributed by atoms with E-state index in [2.05, 4.69) is 22.9 Å². The van der Waals surface area contributed by atoms with Crippen LogP contribution >= 0.6 is 15.9 Å². The highest BCUT2D eigenvalue weighted by molar-refractivity contribution is 9.09. The molecule has 15 heavy (non-hydrogen) atoms. The molecular formula is C12H13BrF2. The van der Waals surface area contributed by atoms with Crippen molar-refractivity contribution in [1.82, 2.24) is 0 Å². The molecule has 0 heterocycles. The molecule has 1 fully saturated rings. The first-order valence-electron chi connectivity index (χ1n) is 5.16. The summed E-state index contributed by atoms with van der Waals surface area (Å²) in [4.78, 5) is 0.267. The van der Waals surface area contributed by atoms with Gasteiger partial charge >= 0.3 is 0 Å². The zero-order valence-corrected chi connectivity index (χ0v) is 10.1. The number of hydrogen-bond acceptors (Lipinski definition) is 0. The molecule has 1 aliphatic rings. The van der Waals surface area contributed by atoms with Gasteiger partial charge in [-0.1, -0.05) is 35.0 Å². The summed E-state index contributed by atoms with van der Waals surface area (Å²) in [6, 6.07) is 4.37. The molecule has 1 aromatic carbocycles. The Morgan fingerprint density at radius 3 is 2.73 bits per heavy atom. The molecule has 0 radical (unpaired) electrons. The Balaban J connectivity index is 2.07. The number of alkyl halides is 1. The molecule has 1 aromatic rings. The Morgan fingerprint density at radius 2 is 2.13 bits per heavy atom. The third-order valence-electron chi connectivity index (χ3n) is 3.08. The van der Waals surface area contributed by atoms with Gasteiger partial charge < -0.3 is 0 Å². The molecule has 1 saturated carbocycles. The molecule has 0 N–H and O–H groups in total. The van der Waals surface area contributed by atoms with E-state index >= 15 is 0 Å². The standard InChI is InChI=1S/C12H13BrF2/c1-7-5-9(7)10(13)6-8-3-2-4-11(14)12(8)15/h2-4,7,9-10H,5-6H2,1H3. The number of rotatable bonds is 3. The smallest absolute Gasteiger partial charge is 0.162 e. The van der Waals surface area contributed by atoms with Crippen LogP contribution in [0.3, 0.4) is 0 Å². The SMILES string of the molecule is CC1CC1C(Br)Cc1cccc(F)c1F. The first-order valence-corrected chi connectivity index (χ1v) is 6.08. The predicted molar refractivity (Wildman–Crippen MR) is 60.0 cm³/mol. The summed E-state index contributed by atoms with van der Waals surface area (Å²) in [6.07, 6.45) is 1.76. The Labute approximate surface area is 96.8 Å². The highest BCUT2D eigenvalue weighted by Gasteiger charge is 2.38. The second-order valence-electron chi connectivity index (χ2n) is 4.31. The lowest BCUT2D eigenvalue weighted by molar-refractivity contribution is 0.496. The van der Waals surface area contributed by atoms with Crippen molar-refractivity contribution >= 4 is 15.9 Å². The van der Waals surface area contributed by atoms with Crippen LogP contribution in [-0.2, 0) is 6.42 Å². The monoisotopic (exact) mass is 274 g/mol. The van der Waals surface area contributed by atoms with Crippen LogP contribution < -0.4 is 0 Å². The lowest BCUT2D eigenvalue weighted by atomic mass is 10.1. The van der Waals surface area contributed by atoms with E-state index in [4.69, 9.17) is 0 Å². The topological polar surface area (TPSA) is 0 Å². The van der Waals surface area contributed by atoms with E-state index in [-0.39, 0.29) is 4.83 Å². The van der Waals surface area contributed by atoms with Crippen LogP contribution in [0.15, 0.2) is 18.2 Å². The first kappa shape index (κ1) is 11.1. The molecule has 0 spiro atoms. The zero-order chi connectivity index (χ0) is 11.0. The lowest BCUT2D eigenvalue weighted by Gasteiger charge is -2.09. The molecule has 2 rings (SSSR count). The second kappa shape index (κ2) is 4.20. The van der Waals surface area contributed by atoms with Gasteiger partial charge in [-0.25, -0.2) is 8.78 Å². The summed E-state index contributed by atoms with van der Waals surface area (Å²) in [6.45, 7) is 2.18. The quantitative estimate of drug-likeness (QED) is 0.733. The zero-order valence-electron chi connectivity index (χ0n) is 8.51. The van der Waals surface area contributed by atoms with E-state index in [9.17, 15) is 8.78 Å². The lowest BCUT2D eigenvalue weighted by Crippen LogP contribution is -2.08. The summed E-state index contributed by atoms with van der Waals surface area (Å²) in [5, 5.41) is 0. The minimum absolute atomic E-state index is 0.267. The predicted octanol–water partition coefficient (Wildman–Crippen LogP) is 3.93. The Morgan fingerprint density at radius 1 is 1.47 bits per heavy atom. The Bertz CT molecular complexity index is 365. The van der Waals surface area contributed by atoms with Gasteiger partial charge in [0.05, 0.1) is 0 Å². The van der Waals surface area contributed by atoms with Crippen molar-refractivity contribution in [3.05, 3.63) is 35.4 Å². The van der Waals surface area contributed by atoms with Crippen LogP contribution in [0.2, 0.25) is 0 Å². The van der Waals surface area contributed by atoms with E-state index in [0.29, 0.717) is 23.8 Å². The Hall–Kier alpha value is -0.440. The summed E-state index contributed by atoms with van der Waals surface area (Å²) in [5.74, 6) is -0.120. The fourth-order valence-corrected chi connectivity index (χ4v) is 3.01. The van der Waals surface area contributed by atoms with Crippen molar-refractivity contribution in [2.45, 2.75) is 24.6 Å². The summed E-state index contributed by atoms with van der Waals surface area (Å²) >= 11 is 3.55. The molecule has 3 heteroatoms. The molecule has 82 valence electrons. The van der Waals surface area contributed by atoms with Gasteiger partial charge in [0, 0.05) is 4.83 Å². The van der Waals surface area contributed by atoms with Crippen molar-refractivity contribution in [3.63, 3.8) is 0 Å². The van der Waals surface area contributed by atoms with Crippen LogP contribution in [0.1, 0.15) is 18.9 Å². The third-order valence-corrected chi connectivity index (χ3v) is 4.09. The van der Waals surface area contributed by atoms with Crippen molar-refractivity contribution < 1.29 is 8.78 Å². The molecule has 3 unspecified atom stereocenters. The molecule has 0 nitrogen and oxygen atoms in total. The van der Waals surface area contributed by atoms with Gasteiger partial charge in [-0.3, -0.25) is 0 Å². The molecular weight excluding hydrogens is 262 g/mol. The van der Waals surface area contributed by atoms with Gasteiger partial charge in [0.1, 0.15) is 0 Å². The highest BCUT2D eigenvalue weighted by Crippen LogP contribution is 2.44. The maximum atomic E-state index is 13.3. The summed E-state index contributed by atoms with van der Waals surface area (Å²) in [5.41, 5.74) is 0.468. The minimum atomic E-state index is -0.754. The van der Waals surface area contributed by atoms with Crippen LogP contribution in [0.4, 0.5) is 8.78 Å². The van der Waals surface area contributed by atoms with Gasteiger partial charge in [-0.2, -0.15) is 0 Å². The summed E-state index contributed by atoms with van der Waals surface area (Å²) < 4.78 is 26.3.